The second-order valence-electron chi connectivity index (χ2n) is 7.19. The van der Waals surface area contributed by atoms with E-state index in [1.165, 1.54) is 0 Å². The molecule has 0 spiro atoms. The van der Waals surface area contributed by atoms with E-state index in [1.54, 1.807) is 0 Å². The van der Waals surface area contributed by atoms with E-state index in [0.717, 1.165) is 39.1 Å². The molecule has 154 valence electrons. The average Bonchev–Trinajstić information content (AvgIpc) is 2.79. The monoisotopic (exact) mass is 428 g/mol. The maximum absolute atomic E-state index is 11.4. The summed E-state index contributed by atoms with van der Waals surface area (Å²) in [5.41, 5.74) is 5.45. The lowest BCUT2D eigenvalue weighted by molar-refractivity contribution is -0.136. The quantitative estimate of drug-likeness (QED) is 0.349. The largest absolute Gasteiger partial charge is 0.488 e. The molecule has 1 N–H and O–H groups in total. The molecule has 0 amide bonds. The first-order chi connectivity index (χ1) is 15.1. The molecule has 0 aliphatic carbocycles. The van der Waals surface area contributed by atoms with Gasteiger partial charge in [0.25, 0.3) is 0 Å². The predicted octanol–water partition coefficient (Wildman–Crippen LogP) is 6.88. The van der Waals surface area contributed by atoms with Gasteiger partial charge in [0.05, 0.1) is 6.42 Å². The first kappa shape index (κ1) is 20.7. The molecule has 31 heavy (non-hydrogen) atoms. The van der Waals surface area contributed by atoms with E-state index in [2.05, 4.69) is 0 Å². The third-order valence-electron chi connectivity index (χ3n) is 5.05. The summed E-state index contributed by atoms with van der Waals surface area (Å²) in [4.78, 5) is 11.4. The number of carboxylic acids is 1. The molecule has 0 aliphatic heterocycles. The first-order valence-corrected chi connectivity index (χ1v) is 10.4. The Labute approximate surface area is 186 Å². The van der Waals surface area contributed by atoms with Gasteiger partial charge in [0, 0.05) is 10.6 Å². The Kier molecular flexibility index (Phi) is 6.34. The number of carboxylic acid groups (broad SMARTS) is 1. The lowest BCUT2D eigenvalue weighted by atomic mass is 9.90. The molecule has 0 saturated carbocycles. The van der Waals surface area contributed by atoms with Crippen molar-refractivity contribution < 1.29 is 14.6 Å². The predicted molar refractivity (Wildman–Crippen MR) is 124 cm³/mol. The second kappa shape index (κ2) is 9.50. The Bertz CT molecular complexity index is 1200. The van der Waals surface area contributed by atoms with Crippen LogP contribution in [0.25, 0.3) is 22.3 Å². The van der Waals surface area contributed by atoms with Gasteiger partial charge in [-0.15, -0.1) is 0 Å². The van der Waals surface area contributed by atoms with Crippen LogP contribution in [-0.2, 0) is 17.8 Å². The van der Waals surface area contributed by atoms with Crippen LogP contribution in [0.2, 0.25) is 5.02 Å². The fraction of sp³-hybridized carbons (Fsp3) is 0.0741. The zero-order chi connectivity index (χ0) is 21.6. The van der Waals surface area contributed by atoms with Gasteiger partial charge in [-0.05, 0) is 46.0 Å². The molecule has 3 nitrogen and oxygen atoms in total. The first-order valence-electron chi connectivity index (χ1n) is 9.97. The van der Waals surface area contributed by atoms with Gasteiger partial charge in [0.1, 0.15) is 12.4 Å². The van der Waals surface area contributed by atoms with Gasteiger partial charge in [-0.3, -0.25) is 4.79 Å². The van der Waals surface area contributed by atoms with Crippen molar-refractivity contribution in [2.24, 2.45) is 0 Å². The van der Waals surface area contributed by atoms with Crippen LogP contribution in [0, 0.1) is 0 Å². The molecular weight excluding hydrogens is 408 g/mol. The smallest absolute Gasteiger partial charge is 0.307 e. The Morgan fingerprint density at radius 2 is 1.35 bits per heavy atom. The molecule has 4 aromatic carbocycles. The van der Waals surface area contributed by atoms with E-state index in [1.807, 2.05) is 97.1 Å². The van der Waals surface area contributed by atoms with Crippen LogP contribution >= 0.6 is 11.6 Å². The highest BCUT2D eigenvalue weighted by molar-refractivity contribution is 6.31. The number of hydrogen-bond acceptors (Lipinski definition) is 2. The van der Waals surface area contributed by atoms with E-state index in [9.17, 15) is 9.90 Å². The van der Waals surface area contributed by atoms with Gasteiger partial charge in [0.2, 0.25) is 0 Å². The molecule has 0 radical (unpaired) electrons. The van der Waals surface area contributed by atoms with Gasteiger partial charge < -0.3 is 9.84 Å². The Morgan fingerprint density at radius 3 is 2.06 bits per heavy atom. The van der Waals surface area contributed by atoms with Crippen LogP contribution in [0.4, 0.5) is 0 Å². The van der Waals surface area contributed by atoms with Crippen molar-refractivity contribution in [3.8, 4) is 28.0 Å². The summed E-state index contributed by atoms with van der Waals surface area (Å²) in [6, 6.07) is 31.1. The van der Waals surface area contributed by atoms with Crippen molar-refractivity contribution >= 4 is 17.6 Å². The molecule has 0 aromatic heterocycles. The minimum Gasteiger partial charge on any atom is -0.488 e. The van der Waals surface area contributed by atoms with E-state index < -0.39 is 5.97 Å². The van der Waals surface area contributed by atoms with E-state index in [-0.39, 0.29) is 6.42 Å². The molecule has 0 bridgehead atoms. The van der Waals surface area contributed by atoms with Crippen LogP contribution in [-0.4, -0.2) is 11.1 Å². The fourth-order valence-corrected chi connectivity index (χ4v) is 3.80. The van der Waals surface area contributed by atoms with Crippen molar-refractivity contribution in [2.75, 3.05) is 0 Å². The van der Waals surface area contributed by atoms with Crippen molar-refractivity contribution in [3.63, 3.8) is 0 Å². The van der Waals surface area contributed by atoms with E-state index in [0.29, 0.717) is 11.6 Å². The summed E-state index contributed by atoms with van der Waals surface area (Å²) in [6.45, 7) is 0.438. The van der Waals surface area contributed by atoms with Crippen LogP contribution in [0.15, 0.2) is 97.1 Å². The van der Waals surface area contributed by atoms with Crippen molar-refractivity contribution in [1.82, 2.24) is 0 Å². The molecule has 0 aliphatic rings. The summed E-state index contributed by atoms with van der Waals surface area (Å²) in [6.07, 6.45) is -0.0442. The number of benzene rings is 4. The summed E-state index contributed by atoms with van der Waals surface area (Å²) in [5, 5.41) is 9.95. The third kappa shape index (κ3) is 4.96. The van der Waals surface area contributed by atoms with Crippen LogP contribution in [0.5, 0.6) is 5.75 Å². The summed E-state index contributed by atoms with van der Waals surface area (Å²) in [5.74, 6) is -0.143. The maximum atomic E-state index is 11.4. The number of hydrogen-bond donors (Lipinski definition) is 1. The molecule has 0 atom stereocenters. The van der Waals surface area contributed by atoms with Crippen molar-refractivity contribution in [3.05, 3.63) is 113 Å². The number of ether oxygens (including phenoxy) is 1. The Morgan fingerprint density at radius 1 is 0.742 bits per heavy atom. The highest BCUT2D eigenvalue weighted by atomic mass is 35.5. The molecule has 0 saturated heterocycles. The molecule has 0 unspecified atom stereocenters. The summed E-state index contributed by atoms with van der Waals surface area (Å²) >= 11 is 6.35. The third-order valence-corrected chi connectivity index (χ3v) is 5.28. The molecule has 0 fully saturated rings. The summed E-state index contributed by atoms with van der Waals surface area (Å²) in [7, 11) is 0. The summed E-state index contributed by atoms with van der Waals surface area (Å²) < 4.78 is 6.17. The number of halogens is 1. The number of rotatable bonds is 7. The van der Waals surface area contributed by atoms with E-state index in [4.69, 9.17) is 16.3 Å². The lowest BCUT2D eigenvalue weighted by Gasteiger charge is -2.17. The van der Waals surface area contributed by atoms with Gasteiger partial charge in [0.15, 0.2) is 0 Å². The molecular formula is C27H21ClO3. The topological polar surface area (TPSA) is 46.5 Å². The van der Waals surface area contributed by atoms with Crippen LogP contribution in [0.3, 0.4) is 0 Å². The highest BCUT2D eigenvalue weighted by Crippen LogP contribution is 2.40. The van der Waals surface area contributed by atoms with Gasteiger partial charge in [-0.25, -0.2) is 0 Å². The van der Waals surface area contributed by atoms with Gasteiger partial charge >= 0.3 is 5.97 Å². The zero-order valence-electron chi connectivity index (χ0n) is 16.8. The SMILES string of the molecule is O=C(O)Cc1ccccc1-c1ccccc1-c1cc(Cl)ccc1OCc1ccccc1. The fourth-order valence-electron chi connectivity index (χ4n) is 3.63. The lowest BCUT2D eigenvalue weighted by Crippen LogP contribution is -2.02. The normalized spacial score (nSPS) is 10.6. The maximum Gasteiger partial charge on any atom is 0.307 e. The van der Waals surface area contributed by atoms with E-state index >= 15 is 0 Å². The molecule has 0 heterocycles. The standard InChI is InChI=1S/C27H21ClO3/c28-21-14-15-26(31-18-19-8-2-1-3-9-19)25(17-21)24-13-7-6-12-23(24)22-11-5-4-10-20(22)16-27(29)30/h1-15,17H,16,18H2,(H,29,30). The second-order valence-corrected chi connectivity index (χ2v) is 7.62. The van der Waals surface area contributed by atoms with Gasteiger partial charge in [-0.1, -0.05) is 90.5 Å². The highest BCUT2D eigenvalue weighted by Gasteiger charge is 2.16. The minimum atomic E-state index is -0.862. The Balaban J connectivity index is 1.78. The molecule has 4 aromatic rings. The molecule has 4 rings (SSSR count). The molecule has 4 heteroatoms. The van der Waals surface area contributed by atoms with Crippen molar-refractivity contribution in [1.29, 1.82) is 0 Å². The number of carbonyl (C=O) groups is 1. The average molecular weight is 429 g/mol. The van der Waals surface area contributed by atoms with Crippen LogP contribution < -0.4 is 4.74 Å². The zero-order valence-corrected chi connectivity index (χ0v) is 17.5. The minimum absolute atomic E-state index is 0.0442. The van der Waals surface area contributed by atoms with Crippen LogP contribution in [0.1, 0.15) is 11.1 Å². The Hall–Kier alpha value is -3.56. The number of aliphatic carboxylic acids is 1. The van der Waals surface area contributed by atoms with Gasteiger partial charge in [-0.2, -0.15) is 0 Å². The van der Waals surface area contributed by atoms with Crippen molar-refractivity contribution in [2.45, 2.75) is 13.0 Å².